The average molecular weight is 399 g/mol. The lowest BCUT2D eigenvalue weighted by atomic mass is 9.75. The predicted octanol–water partition coefficient (Wildman–Crippen LogP) is 3.06. The van der Waals surface area contributed by atoms with Crippen molar-refractivity contribution in [3.8, 4) is 6.07 Å². The molecule has 0 radical (unpaired) electrons. The fraction of sp³-hybridized carbons (Fsp3) is 0.400. The van der Waals surface area contributed by atoms with Crippen LogP contribution >= 0.6 is 0 Å². The number of nitro benzene ring substituents is 1. The summed E-state index contributed by atoms with van der Waals surface area (Å²) < 4.78 is 10.3. The number of carbonyl (C=O) groups excluding carboxylic acids is 2. The van der Waals surface area contributed by atoms with Crippen molar-refractivity contribution in [2.45, 2.75) is 39.7 Å². The third-order valence-electron chi connectivity index (χ3n) is 4.49. The quantitative estimate of drug-likeness (QED) is 0.408. The van der Waals surface area contributed by atoms with Crippen LogP contribution in [0, 0.1) is 27.4 Å². The highest BCUT2D eigenvalue weighted by Gasteiger charge is 2.43. The molecule has 2 rings (SSSR count). The van der Waals surface area contributed by atoms with E-state index in [4.69, 9.17) is 14.7 Å². The van der Waals surface area contributed by atoms with E-state index in [0.717, 1.165) is 0 Å². The van der Waals surface area contributed by atoms with Gasteiger partial charge in [0, 0.05) is 29.5 Å². The van der Waals surface area contributed by atoms with Crippen LogP contribution in [0.3, 0.4) is 0 Å². The van der Waals surface area contributed by atoms with Gasteiger partial charge in [0.2, 0.25) is 0 Å². The lowest BCUT2D eigenvalue weighted by molar-refractivity contribution is -0.384. The minimum absolute atomic E-state index is 0.0660. The van der Waals surface area contributed by atoms with Gasteiger partial charge in [-0.25, -0.2) is 4.79 Å². The summed E-state index contributed by atoms with van der Waals surface area (Å²) in [7, 11) is 0. The standard InChI is InChI=1S/C20H21N3O6/c1-5-28-19(24)16-12(3)22-13(4)17(20(25)29-11(2)10-21)18(16)14-7-6-8-15(9-14)23(26)27/h6-9,11,16,18H,5H2,1-4H3. The number of hydrogen-bond donors (Lipinski definition) is 0. The Kier molecular flexibility index (Phi) is 6.83. The van der Waals surface area contributed by atoms with E-state index in [0.29, 0.717) is 17.0 Å². The van der Waals surface area contributed by atoms with Gasteiger partial charge in [-0.2, -0.15) is 5.26 Å². The van der Waals surface area contributed by atoms with E-state index in [1.165, 1.54) is 25.1 Å². The van der Waals surface area contributed by atoms with Crippen LogP contribution in [0.2, 0.25) is 0 Å². The summed E-state index contributed by atoms with van der Waals surface area (Å²) in [5.74, 6) is -3.26. The Labute approximate surface area is 167 Å². The highest BCUT2D eigenvalue weighted by molar-refractivity contribution is 6.07. The first-order chi connectivity index (χ1) is 13.7. The molecule has 29 heavy (non-hydrogen) atoms. The van der Waals surface area contributed by atoms with Crippen molar-refractivity contribution in [1.82, 2.24) is 0 Å². The summed E-state index contributed by atoms with van der Waals surface area (Å²) in [6.45, 7) is 6.41. The van der Waals surface area contributed by atoms with Crippen LogP contribution in [-0.4, -0.2) is 35.3 Å². The Balaban J connectivity index is 2.67. The molecular formula is C20H21N3O6. The number of nitrogens with zero attached hydrogens (tertiary/aromatic N) is 3. The van der Waals surface area contributed by atoms with Crippen molar-refractivity contribution in [2.75, 3.05) is 6.61 Å². The molecule has 0 saturated heterocycles. The first kappa shape index (κ1) is 21.8. The van der Waals surface area contributed by atoms with Gasteiger partial charge in [-0.1, -0.05) is 12.1 Å². The van der Waals surface area contributed by atoms with Gasteiger partial charge >= 0.3 is 11.9 Å². The van der Waals surface area contributed by atoms with Gasteiger partial charge in [-0.05, 0) is 33.3 Å². The van der Waals surface area contributed by atoms with E-state index in [-0.39, 0.29) is 17.9 Å². The molecule has 0 N–H and O–H groups in total. The fourth-order valence-corrected chi connectivity index (χ4v) is 3.28. The van der Waals surface area contributed by atoms with E-state index in [9.17, 15) is 19.7 Å². The zero-order valence-corrected chi connectivity index (χ0v) is 16.5. The predicted molar refractivity (Wildman–Crippen MR) is 103 cm³/mol. The maximum absolute atomic E-state index is 12.8. The van der Waals surface area contributed by atoms with Crippen LogP contribution in [0.4, 0.5) is 5.69 Å². The van der Waals surface area contributed by atoms with E-state index < -0.39 is 34.8 Å². The first-order valence-corrected chi connectivity index (χ1v) is 8.98. The summed E-state index contributed by atoms with van der Waals surface area (Å²) in [6.07, 6.45) is -1.01. The second kappa shape index (κ2) is 9.10. The average Bonchev–Trinajstić information content (AvgIpc) is 2.67. The lowest BCUT2D eigenvalue weighted by Crippen LogP contribution is -2.37. The highest BCUT2D eigenvalue weighted by Crippen LogP contribution is 2.41. The largest absolute Gasteiger partial charge is 0.465 e. The smallest absolute Gasteiger partial charge is 0.337 e. The molecule has 0 aliphatic carbocycles. The molecule has 152 valence electrons. The Morgan fingerprint density at radius 1 is 1.38 bits per heavy atom. The van der Waals surface area contributed by atoms with E-state index in [2.05, 4.69) is 4.99 Å². The summed E-state index contributed by atoms with van der Waals surface area (Å²) in [6, 6.07) is 7.51. The SMILES string of the molecule is CCOC(=O)C1C(C)=NC(C)=C(C(=O)OC(C)C#N)C1c1cccc([N+](=O)[O-])c1. The molecule has 0 aromatic heterocycles. The number of nitro groups is 1. The second-order valence-corrected chi connectivity index (χ2v) is 6.49. The molecule has 0 fully saturated rings. The van der Waals surface area contributed by atoms with Crippen molar-refractivity contribution < 1.29 is 24.0 Å². The Morgan fingerprint density at radius 2 is 2.07 bits per heavy atom. The molecule has 1 aliphatic heterocycles. The zero-order valence-electron chi connectivity index (χ0n) is 16.5. The number of carbonyl (C=O) groups is 2. The Hall–Kier alpha value is -3.54. The number of ether oxygens (including phenoxy) is 2. The number of rotatable bonds is 6. The maximum atomic E-state index is 12.8. The molecule has 1 aromatic rings. The monoisotopic (exact) mass is 399 g/mol. The molecule has 1 aliphatic rings. The van der Waals surface area contributed by atoms with Gasteiger partial charge in [0.1, 0.15) is 12.0 Å². The zero-order chi connectivity index (χ0) is 21.7. The number of hydrogen-bond acceptors (Lipinski definition) is 8. The number of esters is 2. The van der Waals surface area contributed by atoms with Crippen molar-refractivity contribution in [2.24, 2.45) is 10.9 Å². The highest BCUT2D eigenvalue weighted by atomic mass is 16.6. The van der Waals surface area contributed by atoms with Crippen LogP contribution < -0.4 is 0 Å². The van der Waals surface area contributed by atoms with E-state index in [1.54, 1.807) is 26.8 Å². The molecule has 0 spiro atoms. The number of aliphatic imine (C=N–C) groups is 1. The van der Waals surface area contributed by atoms with E-state index >= 15 is 0 Å². The number of nitriles is 1. The van der Waals surface area contributed by atoms with Crippen LogP contribution in [0.1, 0.15) is 39.2 Å². The summed E-state index contributed by atoms with van der Waals surface area (Å²) in [4.78, 5) is 40.5. The van der Waals surface area contributed by atoms with Gasteiger partial charge in [-0.15, -0.1) is 0 Å². The van der Waals surface area contributed by atoms with Crippen molar-refractivity contribution in [3.63, 3.8) is 0 Å². The number of benzene rings is 1. The van der Waals surface area contributed by atoms with Gasteiger partial charge in [-0.3, -0.25) is 19.9 Å². The topological polar surface area (TPSA) is 132 Å². The Morgan fingerprint density at radius 3 is 2.66 bits per heavy atom. The molecule has 3 atom stereocenters. The van der Waals surface area contributed by atoms with E-state index in [1.807, 2.05) is 6.07 Å². The molecular weight excluding hydrogens is 378 g/mol. The molecule has 3 unspecified atom stereocenters. The van der Waals surface area contributed by atoms with Gasteiger partial charge in [0.05, 0.1) is 17.1 Å². The van der Waals surface area contributed by atoms with Crippen LogP contribution in [0.5, 0.6) is 0 Å². The summed E-state index contributed by atoms with van der Waals surface area (Å²) >= 11 is 0. The normalized spacial score (nSPS) is 19.6. The molecule has 1 aromatic carbocycles. The van der Waals surface area contributed by atoms with Crippen molar-refractivity contribution in [3.05, 3.63) is 51.2 Å². The minimum atomic E-state index is -1.01. The second-order valence-electron chi connectivity index (χ2n) is 6.49. The molecule has 0 amide bonds. The van der Waals surface area contributed by atoms with Crippen LogP contribution in [0.15, 0.2) is 40.5 Å². The number of non-ortho nitro benzene ring substituents is 1. The Bertz CT molecular complexity index is 944. The fourth-order valence-electron chi connectivity index (χ4n) is 3.28. The molecule has 0 saturated carbocycles. The van der Waals surface area contributed by atoms with Gasteiger partial charge < -0.3 is 9.47 Å². The van der Waals surface area contributed by atoms with Gasteiger partial charge in [0.25, 0.3) is 5.69 Å². The van der Waals surface area contributed by atoms with Crippen LogP contribution in [-0.2, 0) is 19.1 Å². The summed E-state index contributed by atoms with van der Waals surface area (Å²) in [5, 5.41) is 20.2. The number of allylic oxidation sites excluding steroid dienone is 1. The maximum Gasteiger partial charge on any atom is 0.337 e. The van der Waals surface area contributed by atoms with Crippen molar-refractivity contribution in [1.29, 1.82) is 5.26 Å². The first-order valence-electron chi connectivity index (χ1n) is 8.98. The lowest BCUT2D eigenvalue weighted by Gasteiger charge is -2.31. The molecule has 9 nitrogen and oxygen atoms in total. The molecule has 0 bridgehead atoms. The third kappa shape index (κ3) is 4.66. The van der Waals surface area contributed by atoms with Crippen molar-refractivity contribution >= 4 is 23.3 Å². The molecule has 9 heteroatoms. The minimum Gasteiger partial charge on any atom is -0.465 e. The summed E-state index contributed by atoms with van der Waals surface area (Å²) in [5.41, 5.74) is 0.997. The molecule has 1 heterocycles. The van der Waals surface area contributed by atoms with Gasteiger partial charge in [0.15, 0.2) is 6.10 Å². The van der Waals surface area contributed by atoms with Crippen LogP contribution in [0.25, 0.3) is 0 Å². The third-order valence-corrected chi connectivity index (χ3v) is 4.49.